The van der Waals surface area contributed by atoms with E-state index in [2.05, 4.69) is 13.8 Å². The molecule has 3 aromatic carbocycles. The van der Waals surface area contributed by atoms with Crippen molar-refractivity contribution in [3.63, 3.8) is 0 Å². The lowest BCUT2D eigenvalue weighted by atomic mass is 10.0. The Morgan fingerprint density at radius 1 is 0.450 bits per heavy atom. The molecule has 0 aliphatic carbocycles. The molecule has 0 bridgehead atoms. The van der Waals surface area contributed by atoms with E-state index in [0.29, 0.717) is 24.3 Å². The normalized spacial score (nSPS) is 11.2. The average Bonchev–Trinajstić information content (AvgIpc) is 2.97. The van der Waals surface area contributed by atoms with Crippen molar-refractivity contribution in [2.45, 2.75) is 129 Å². The van der Waals surface area contributed by atoms with Crippen LogP contribution in [0.5, 0.6) is 11.5 Å². The molecule has 0 amide bonds. The third-order valence-electron chi connectivity index (χ3n) is 7.73. The van der Waals surface area contributed by atoms with Gasteiger partial charge in [-0.3, -0.25) is 9.59 Å². The third-order valence-corrected chi connectivity index (χ3v) is 7.73. The van der Waals surface area contributed by atoms with Crippen LogP contribution in [0.4, 0.5) is 0 Å². The maximum atomic E-state index is 12.9. The van der Waals surface area contributed by atoms with Gasteiger partial charge in [-0.2, -0.15) is 0 Å². The molecule has 0 heterocycles. The van der Waals surface area contributed by atoms with Gasteiger partial charge in [0.2, 0.25) is 0 Å². The molecule has 0 saturated carbocycles. The molecule has 0 fully saturated rings. The number of rotatable bonds is 20. The predicted molar refractivity (Wildman–Crippen MR) is 167 cm³/mol. The molecule has 0 radical (unpaired) electrons. The predicted octanol–water partition coefficient (Wildman–Crippen LogP) is 10.9. The Balaban J connectivity index is 1.62. The van der Waals surface area contributed by atoms with Crippen molar-refractivity contribution < 1.29 is 19.1 Å². The number of esters is 2. The van der Waals surface area contributed by atoms with E-state index in [0.717, 1.165) is 47.2 Å². The molecule has 4 nitrogen and oxygen atoms in total. The van der Waals surface area contributed by atoms with Gasteiger partial charge in [-0.05, 0) is 12.8 Å². The Morgan fingerprint density at radius 2 is 0.725 bits per heavy atom. The largest absolute Gasteiger partial charge is 0.425 e. The lowest BCUT2D eigenvalue weighted by Crippen LogP contribution is -2.10. The average molecular weight is 547 g/mol. The topological polar surface area (TPSA) is 52.6 Å². The molecule has 0 aliphatic rings. The van der Waals surface area contributed by atoms with E-state index in [1.54, 1.807) is 0 Å². The zero-order valence-electron chi connectivity index (χ0n) is 25.0. The second-order valence-corrected chi connectivity index (χ2v) is 11.1. The van der Waals surface area contributed by atoms with Crippen molar-refractivity contribution in [2.24, 2.45) is 0 Å². The molecule has 0 atom stereocenters. The van der Waals surface area contributed by atoms with Gasteiger partial charge in [-0.25, -0.2) is 0 Å². The molecular weight excluding hydrogens is 496 g/mol. The van der Waals surface area contributed by atoms with Crippen molar-refractivity contribution in [3.8, 4) is 11.5 Å². The molecule has 0 N–H and O–H groups in total. The summed E-state index contributed by atoms with van der Waals surface area (Å²) in [6, 6.07) is 15.5. The van der Waals surface area contributed by atoms with Crippen LogP contribution in [0, 0.1) is 0 Å². The van der Waals surface area contributed by atoms with Crippen molar-refractivity contribution in [1.29, 1.82) is 0 Å². The highest BCUT2D eigenvalue weighted by molar-refractivity contribution is 6.12. The van der Waals surface area contributed by atoms with Crippen LogP contribution in [-0.2, 0) is 9.59 Å². The standard InChI is InChI=1S/C36H50O4/c1-3-5-7-9-11-13-15-17-27-33(37)39-35-29-23-19-21-25-31(29)36(32-26-22-20-24-30(32)35)40-34(38)28-18-16-14-12-10-8-6-4-2/h19-26H,3-18,27-28H2,1-2H3. The lowest BCUT2D eigenvalue weighted by molar-refractivity contribution is -0.135. The highest BCUT2D eigenvalue weighted by atomic mass is 16.5. The van der Waals surface area contributed by atoms with E-state index in [-0.39, 0.29) is 11.9 Å². The molecule has 3 rings (SSSR count). The first-order chi connectivity index (χ1) is 19.7. The number of fused-ring (bicyclic) bond motifs is 2. The summed E-state index contributed by atoms with van der Waals surface area (Å²) in [5, 5.41) is 3.17. The second kappa shape index (κ2) is 18.5. The fourth-order valence-electron chi connectivity index (χ4n) is 5.40. The van der Waals surface area contributed by atoms with E-state index in [9.17, 15) is 9.59 Å². The Labute approximate surface area is 241 Å². The maximum Gasteiger partial charge on any atom is 0.311 e. The van der Waals surface area contributed by atoms with Crippen molar-refractivity contribution in [2.75, 3.05) is 0 Å². The highest BCUT2D eigenvalue weighted by Gasteiger charge is 2.19. The van der Waals surface area contributed by atoms with Gasteiger partial charge in [0.05, 0.1) is 0 Å². The van der Waals surface area contributed by atoms with Crippen LogP contribution in [0.2, 0.25) is 0 Å². The SMILES string of the molecule is CCCCCCCCCCC(=O)Oc1c2ccccc2c(OC(=O)CCCCCCCCCC)c2ccccc12. The highest BCUT2D eigenvalue weighted by Crippen LogP contribution is 2.43. The van der Waals surface area contributed by atoms with Crippen LogP contribution in [-0.4, -0.2) is 11.9 Å². The summed E-state index contributed by atoms with van der Waals surface area (Å²) in [6.45, 7) is 4.47. The minimum absolute atomic E-state index is 0.208. The van der Waals surface area contributed by atoms with Gasteiger partial charge in [0.25, 0.3) is 0 Å². The van der Waals surface area contributed by atoms with Gasteiger partial charge >= 0.3 is 11.9 Å². The van der Waals surface area contributed by atoms with Gasteiger partial charge in [0, 0.05) is 34.4 Å². The fraction of sp³-hybridized carbons (Fsp3) is 0.556. The Bertz CT molecular complexity index is 1030. The lowest BCUT2D eigenvalue weighted by Gasteiger charge is -2.16. The number of unbranched alkanes of at least 4 members (excludes halogenated alkanes) is 14. The molecule has 0 aromatic heterocycles. The van der Waals surface area contributed by atoms with Crippen LogP contribution < -0.4 is 9.47 Å². The van der Waals surface area contributed by atoms with Gasteiger partial charge in [0.1, 0.15) is 11.5 Å². The number of carbonyl (C=O) groups is 2. The van der Waals surface area contributed by atoms with Crippen LogP contribution in [0.3, 0.4) is 0 Å². The molecule has 0 spiro atoms. The summed E-state index contributed by atoms with van der Waals surface area (Å²) in [4.78, 5) is 25.7. The summed E-state index contributed by atoms with van der Waals surface area (Å²) in [7, 11) is 0. The summed E-state index contributed by atoms with van der Waals surface area (Å²) < 4.78 is 12.0. The number of hydrogen-bond acceptors (Lipinski definition) is 4. The summed E-state index contributed by atoms with van der Waals surface area (Å²) in [6.07, 6.45) is 19.8. The Kier molecular flexibility index (Phi) is 14.6. The van der Waals surface area contributed by atoms with Gasteiger partial charge in [0.15, 0.2) is 0 Å². The van der Waals surface area contributed by atoms with Gasteiger partial charge in [-0.15, -0.1) is 0 Å². The minimum Gasteiger partial charge on any atom is -0.425 e. The first kappa shape index (κ1) is 31.6. The number of benzene rings is 3. The summed E-state index contributed by atoms with van der Waals surface area (Å²) in [5.41, 5.74) is 0. The van der Waals surface area contributed by atoms with E-state index < -0.39 is 0 Å². The van der Waals surface area contributed by atoms with Crippen molar-refractivity contribution >= 4 is 33.5 Å². The molecule has 218 valence electrons. The second-order valence-electron chi connectivity index (χ2n) is 11.1. The quantitative estimate of drug-likeness (QED) is 0.0612. The number of hydrogen-bond donors (Lipinski definition) is 0. The Hall–Kier alpha value is -2.88. The van der Waals surface area contributed by atoms with Crippen LogP contribution in [0.15, 0.2) is 48.5 Å². The molecule has 0 unspecified atom stereocenters. The van der Waals surface area contributed by atoms with Crippen molar-refractivity contribution in [3.05, 3.63) is 48.5 Å². The molecule has 0 saturated heterocycles. The van der Waals surface area contributed by atoms with Crippen molar-refractivity contribution in [1.82, 2.24) is 0 Å². The first-order valence-electron chi connectivity index (χ1n) is 16.0. The zero-order valence-corrected chi connectivity index (χ0v) is 25.0. The smallest absolute Gasteiger partial charge is 0.311 e. The molecule has 40 heavy (non-hydrogen) atoms. The van der Waals surface area contributed by atoms with Gasteiger partial charge in [-0.1, -0.05) is 152 Å². The van der Waals surface area contributed by atoms with E-state index >= 15 is 0 Å². The monoisotopic (exact) mass is 546 g/mol. The van der Waals surface area contributed by atoms with E-state index in [1.807, 2.05) is 48.5 Å². The third kappa shape index (κ3) is 10.3. The first-order valence-corrected chi connectivity index (χ1v) is 16.0. The minimum atomic E-state index is -0.208. The maximum absolute atomic E-state index is 12.9. The number of ether oxygens (including phenoxy) is 2. The van der Waals surface area contributed by atoms with E-state index in [1.165, 1.54) is 77.0 Å². The zero-order chi connectivity index (χ0) is 28.4. The molecule has 3 aromatic rings. The molecule has 0 aliphatic heterocycles. The summed E-state index contributed by atoms with van der Waals surface area (Å²) in [5.74, 6) is 0.693. The van der Waals surface area contributed by atoms with E-state index in [4.69, 9.17) is 9.47 Å². The Morgan fingerprint density at radius 3 is 1.02 bits per heavy atom. The summed E-state index contributed by atoms with van der Waals surface area (Å²) >= 11 is 0. The number of carbonyl (C=O) groups excluding carboxylic acids is 2. The van der Waals surface area contributed by atoms with Gasteiger partial charge < -0.3 is 9.47 Å². The molecule has 4 heteroatoms. The van der Waals surface area contributed by atoms with Crippen LogP contribution >= 0.6 is 0 Å². The van der Waals surface area contributed by atoms with Crippen LogP contribution in [0.25, 0.3) is 21.5 Å². The fourth-order valence-corrected chi connectivity index (χ4v) is 5.40. The molecular formula is C36H50O4. The van der Waals surface area contributed by atoms with Crippen LogP contribution in [0.1, 0.15) is 129 Å².